The van der Waals surface area contributed by atoms with Crippen molar-refractivity contribution >= 4 is 40.1 Å². The normalized spacial score (nSPS) is 10.3. The molecule has 1 N–H and O–H groups in total. The van der Waals surface area contributed by atoms with E-state index in [1.54, 1.807) is 19.1 Å². The van der Waals surface area contributed by atoms with Gasteiger partial charge in [0.25, 0.3) is 11.6 Å². The number of nitrogens with one attached hydrogen (secondary N) is 1. The summed E-state index contributed by atoms with van der Waals surface area (Å²) in [6, 6.07) is 9.75. The van der Waals surface area contributed by atoms with Gasteiger partial charge in [-0.05, 0) is 53.3 Å². The number of benzene rings is 2. The van der Waals surface area contributed by atoms with E-state index < -0.39 is 10.8 Å². The van der Waals surface area contributed by atoms with Crippen LogP contribution in [0, 0.1) is 19.5 Å². The van der Waals surface area contributed by atoms with E-state index in [1.165, 1.54) is 35.2 Å². The van der Waals surface area contributed by atoms with Gasteiger partial charge in [0.1, 0.15) is 5.82 Å². The summed E-state index contributed by atoms with van der Waals surface area (Å²) < 4.78 is 13.5. The number of carbonyl (C=O) groups excluding carboxylic acids is 2. The lowest BCUT2D eigenvalue weighted by atomic mass is 10.1. The van der Waals surface area contributed by atoms with Crippen molar-refractivity contribution in [3.63, 3.8) is 0 Å². The van der Waals surface area contributed by atoms with E-state index in [0.29, 0.717) is 3.57 Å². The maximum atomic E-state index is 12.9. The lowest BCUT2D eigenvalue weighted by Gasteiger charge is -2.21. The van der Waals surface area contributed by atoms with Crippen LogP contribution in [-0.2, 0) is 11.3 Å². The lowest BCUT2D eigenvalue weighted by molar-refractivity contribution is -0.384. The molecule has 0 aliphatic rings. The van der Waals surface area contributed by atoms with Gasteiger partial charge < -0.3 is 10.2 Å². The monoisotopic (exact) mass is 485 g/mol. The van der Waals surface area contributed by atoms with E-state index in [-0.39, 0.29) is 42.6 Å². The molecule has 0 heterocycles. The van der Waals surface area contributed by atoms with Crippen LogP contribution < -0.4 is 5.32 Å². The SMILES string of the molecule is CCN(CC(=O)NCc1ccc(F)cc1)C(=O)c1cc([N+](=O)[O-])ccc1I. The van der Waals surface area contributed by atoms with Crippen LogP contribution in [0.2, 0.25) is 0 Å². The van der Waals surface area contributed by atoms with E-state index in [9.17, 15) is 24.1 Å². The highest BCUT2D eigenvalue weighted by molar-refractivity contribution is 14.1. The van der Waals surface area contributed by atoms with Crippen molar-refractivity contribution in [2.24, 2.45) is 0 Å². The zero-order chi connectivity index (χ0) is 20.0. The molecule has 2 rings (SSSR count). The summed E-state index contributed by atoms with van der Waals surface area (Å²) >= 11 is 1.92. The summed E-state index contributed by atoms with van der Waals surface area (Å²) in [7, 11) is 0. The molecule has 0 aliphatic carbocycles. The van der Waals surface area contributed by atoms with Crippen LogP contribution in [-0.4, -0.2) is 34.7 Å². The molecule has 7 nitrogen and oxygen atoms in total. The largest absolute Gasteiger partial charge is 0.350 e. The molecule has 0 saturated carbocycles. The van der Waals surface area contributed by atoms with Crippen molar-refractivity contribution in [2.75, 3.05) is 13.1 Å². The second kappa shape index (κ2) is 9.40. The van der Waals surface area contributed by atoms with Gasteiger partial charge in [0.15, 0.2) is 0 Å². The smallest absolute Gasteiger partial charge is 0.270 e. The minimum absolute atomic E-state index is 0.179. The predicted octanol–water partition coefficient (Wildman–Crippen LogP) is 3.12. The maximum absolute atomic E-state index is 12.9. The van der Waals surface area contributed by atoms with Crippen LogP contribution in [0.4, 0.5) is 10.1 Å². The van der Waals surface area contributed by atoms with Crippen LogP contribution in [0.1, 0.15) is 22.8 Å². The van der Waals surface area contributed by atoms with Crippen molar-refractivity contribution < 1.29 is 18.9 Å². The fourth-order valence-electron chi connectivity index (χ4n) is 2.32. The van der Waals surface area contributed by atoms with Crippen molar-refractivity contribution in [3.05, 3.63) is 73.1 Å². The van der Waals surface area contributed by atoms with E-state index in [2.05, 4.69) is 5.32 Å². The van der Waals surface area contributed by atoms with Crippen LogP contribution in [0.5, 0.6) is 0 Å². The Kier molecular flexibility index (Phi) is 7.22. The Morgan fingerprint density at radius 1 is 1.22 bits per heavy atom. The molecule has 0 spiro atoms. The second-order valence-corrected chi connectivity index (χ2v) is 6.81. The van der Waals surface area contributed by atoms with E-state index in [4.69, 9.17) is 0 Å². The zero-order valence-corrected chi connectivity index (χ0v) is 16.6. The standard InChI is InChI=1S/C18H17FIN3O4/c1-2-22(11-17(24)21-10-12-3-5-13(19)6-4-12)18(25)15-9-14(23(26)27)7-8-16(15)20/h3-9H,2,10-11H2,1H3,(H,21,24). The van der Waals surface area contributed by atoms with Crippen molar-refractivity contribution in [2.45, 2.75) is 13.5 Å². The number of nitro benzene ring substituents is 1. The first-order valence-electron chi connectivity index (χ1n) is 8.06. The molecule has 0 unspecified atom stereocenters. The summed E-state index contributed by atoms with van der Waals surface area (Å²) in [5, 5.41) is 13.6. The fraction of sp³-hybridized carbons (Fsp3) is 0.222. The molecule has 0 aromatic heterocycles. The number of nitro groups is 1. The molecule has 27 heavy (non-hydrogen) atoms. The number of non-ortho nitro benzene ring substituents is 1. The van der Waals surface area contributed by atoms with Gasteiger partial charge in [0.2, 0.25) is 5.91 Å². The highest BCUT2D eigenvalue weighted by Crippen LogP contribution is 2.21. The molecule has 2 amide bonds. The Bertz CT molecular complexity index is 858. The van der Waals surface area contributed by atoms with Gasteiger partial charge in [0, 0.05) is 28.8 Å². The molecule has 2 aromatic rings. The molecule has 0 aliphatic heterocycles. The molecule has 9 heteroatoms. The van der Waals surface area contributed by atoms with E-state index in [0.717, 1.165) is 5.56 Å². The van der Waals surface area contributed by atoms with Crippen molar-refractivity contribution in [1.29, 1.82) is 0 Å². The highest BCUT2D eigenvalue weighted by atomic mass is 127. The first-order valence-corrected chi connectivity index (χ1v) is 9.14. The van der Waals surface area contributed by atoms with Crippen LogP contribution >= 0.6 is 22.6 Å². The number of halogens is 2. The quantitative estimate of drug-likeness (QED) is 0.371. The average molecular weight is 485 g/mol. The zero-order valence-electron chi connectivity index (χ0n) is 14.4. The summed E-state index contributed by atoms with van der Waals surface area (Å²) in [4.78, 5) is 36.5. The van der Waals surface area contributed by atoms with Gasteiger partial charge in [-0.3, -0.25) is 19.7 Å². The minimum Gasteiger partial charge on any atom is -0.350 e. The number of hydrogen-bond donors (Lipinski definition) is 1. The lowest BCUT2D eigenvalue weighted by Crippen LogP contribution is -2.40. The van der Waals surface area contributed by atoms with Crippen molar-refractivity contribution in [3.8, 4) is 0 Å². The number of nitrogens with zero attached hydrogens (tertiary/aromatic N) is 2. The Labute approximate surface area is 168 Å². The molecule has 0 fully saturated rings. The number of carbonyl (C=O) groups is 2. The number of likely N-dealkylation sites (N-methyl/N-ethyl adjacent to an activating group) is 1. The predicted molar refractivity (Wildman–Crippen MR) is 106 cm³/mol. The Balaban J connectivity index is 2.04. The Hall–Kier alpha value is -2.56. The van der Waals surface area contributed by atoms with Crippen LogP contribution in [0.25, 0.3) is 0 Å². The van der Waals surface area contributed by atoms with E-state index >= 15 is 0 Å². The van der Waals surface area contributed by atoms with Crippen LogP contribution in [0.15, 0.2) is 42.5 Å². The number of rotatable bonds is 7. The van der Waals surface area contributed by atoms with Gasteiger partial charge in [-0.1, -0.05) is 12.1 Å². The van der Waals surface area contributed by atoms with Crippen molar-refractivity contribution in [1.82, 2.24) is 10.2 Å². The third-order valence-corrected chi connectivity index (χ3v) is 4.74. The van der Waals surface area contributed by atoms with E-state index in [1.807, 2.05) is 22.6 Å². The number of hydrogen-bond acceptors (Lipinski definition) is 4. The highest BCUT2D eigenvalue weighted by Gasteiger charge is 2.22. The average Bonchev–Trinajstić information content (AvgIpc) is 2.65. The third kappa shape index (κ3) is 5.71. The van der Waals surface area contributed by atoms with Gasteiger partial charge in [0.05, 0.1) is 17.0 Å². The second-order valence-electron chi connectivity index (χ2n) is 5.64. The molecule has 0 atom stereocenters. The van der Waals surface area contributed by atoms with Crippen LogP contribution in [0.3, 0.4) is 0 Å². The summed E-state index contributed by atoms with van der Waals surface area (Å²) in [5.74, 6) is -1.20. The third-order valence-electron chi connectivity index (χ3n) is 3.80. The molecule has 0 radical (unpaired) electrons. The fourth-order valence-corrected chi connectivity index (χ4v) is 2.89. The molecular weight excluding hydrogens is 468 g/mol. The maximum Gasteiger partial charge on any atom is 0.270 e. The first kappa shape index (κ1) is 20.7. The van der Waals surface area contributed by atoms with Gasteiger partial charge in [-0.25, -0.2) is 4.39 Å². The molecule has 142 valence electrons. The molecule has 2 aromatic carbocycles. The van der Waals surface area contributed by atoms with Gasteiger partial charge >= 0.3 is 0 Å². The Morgan fingerprint density at radius 2 is 1.89 bits per heavy atom. The van der Waals surface area contributed by atoms with Gasteiger partial charge in [-0.2, -0.15) is 0 Å². The number of amides is 2. The summed E-state index contributed by atoms with van der Waals surface area (Å²) in [5.41, 5.74) is 0.723. The topological polar surface area (TPSA) is 92.6 Å². The Morgan fingerprint density at radius 3 is 2.48 bits per heavy atom. The van der Waals surface area contributed by atoms with Gasteiger partial charge in [-0.15, -0.1) is 0 Å². The summed E-state index contributed by atoms with van der Waals surface area (Å²) in [6.45, 7) is 2.01. The minimum atomic E-state index is -0.571. The molecular formula is C18H17FIN3O4. The molecule has 0 bridgehead atoms. The summed E-state index contributed by atoms with van der Waals surface area (Å²) in [6.07, 6.45) is 0. The molecule has 0 saturated heterocycles. The first-order chi connectivity index (χ1) is 12.8.